The lowest BCUT2D eigenvalue weighted by molar-refractivity contribution is -0.132. The Hall–Kier alpha value is -2.99. The molecule has 2 atom stereocenters. The fourth-order valence-corrected chi connectivity index (χ4v) is 3.36. The second kappa shape index (κ2) is 8.14. The van der Waals surface area contributed by atoms with Gasteiger partial charge in [0, 0.05) is 11.1 Å². The molecule has 6 heteroatoms. The van der Waals surface area contributed by atoms with Crippen LogP contribution in [-0.2, 0) is 9.53 Å². The quantitative estimate of drug-likeness (QED) is 0.451. The molecule has 1 aliphatic heterocycles. The first-order valence-corrected chi connectivity index (χ1v) is 8.92. The van der Waals surface area contributed by atoms with Crippen LogP contribution in [0.25, 0.3) is 0 Å². The number of nitrogens with two attached hydrogens (primary N) is 2. The van der Waals surface area contributed by atoms with Crippen molar-refractivity contribution in [2.45, 2.75) is 12.8 Å². The number of hydrogen-bond acceptors (Lipinski definition) is 4. The van der Waals surface area contributed by atoms with E-state index in [0.717, 1.165) is 11.1 Å². The molecular formula is C21H24N4O2. The van der Waals surface area contributed by atoms with E-state index in [9.17, 15) is 4.79 Å². The van der Waals surface area contributed by atoms with E-state index < -0.39 is 0 Å². The summed E-state index contributed by atoms with van der Waals surface area (Å²) in [6.07, 6.45) is 16.5. The molecule has 0 aromatic carbocycles. The zero-order valence-electron chi connectivity index (χ0n) is 15.1. The summed E-state index contributed by atoms with van der Waals surface area (Å²) in [6, 6.07) is 0. The topological polar surface area (TPSA) is 126 Å². The fourth-order valence-electron chi connectivity index (χ4n) is 3.36. The molecule has 1 fully saturated rings. The standard InChI is InChI=1S/C21H24N4O2/c22-20(23)15-5-1-3-13(7-15)9-17-11-27-12-18(19(17)26)10-14-4-2-6-16(8-14)21(24)25/h1-2,5-10,17-18H,3-4,11-12H2,(H3,22,23)(H3,24,25). The minimum absolute atomic E-state index is 0.0177. The molecule has 0 aromatic heterocycles. The van der Waals surface area contributed by atoms with Crippen molar-refractivity contribution in [1.29, 1.82) is 10.8 Å². The number of ketones is 1. The van der Waals surface area contributed by atoms with Crippen LogP contribution >= 0.6 is 0 Å². The molecule has 6 N–H and O–H groups in total. The second-order valence-corrected chi connectivity index (χ2v) is 6.88. The number of allylic oxidation sites excluding steroid dienone is 6. The van der Waals surface area contributed by atoms with E-state index in [4.69, 9.17) is 27.0 Å². The highest BCUT2D eigenvalue weighted by atomic mass is 16.5. The Kier molecular flexibility index (Phi) is 5.66. The normalized spacial score (nSPS) is 28.2. The maximum absolute atomic E-state index is 12.9. The van der Waals surface area contributed by atoms with Crippen molar-refractivity contribution in [2.75, 3.05) is 13.2 Å². The lowest BCUT2D eigenvalue weighted by Gasteiger charge is -2.26. The predicted octanol–water partition coefficient (Wildman–Crippen LogP) is 2.32. The number of rotatable bonds is 4. The third-order valence-electron chi connectivity index (χ3n) is 4.76. The zero-order chi connectivity index (χ0) is 19.4. The highest BCUT2D eigenvalue weighted by molar-refractivity contribution is 5.98. The molecule has 2 aliphatic carbocycles. The maximum Gasteiger partial charge on any atom is 0.151 e. The summed E-state index contributed by atoms with van der Waals surface area (Å²) < 4.78 is 5.68. The third-order valence-corrected chi connectivity index (χ3v) is 4.76. The summed E-state index contributed by atoms with van der Waals surface area (Å²) in [6.45, 7) is 0.729. The van der Waals surface area contributed by atoms with Crippen LogP contribution in [0, 0.1) is 22.7 Å². The number of ether oxygens (including phenoxy) is 1. The number of Topliss-reactive ketones (excluding diaryl/α,β-unsaturated/α-hetero) is 1. The Morgan fingerprint density at radius 1 is 0.926 bits per heavy atom. The smallest absolute Gasteiger partial charge is 0.151 e. The van der Waals surface area contributed by atoms with Crippen molar-refractivity contribution >= 4 is 17.5 Å². The Labute approximate surface area is 158 Å². The highest BCUT2D eigenvalue weighted by Gasteiger charge is 2.30. The predicted molar refractivity (Wildman–Crippen MR) is 106 cm³/mol. The van der Waals surface area contributed by atoms with Gasteiger partial charge in [-0.05, 0) is 36.1 Å². The lowest BCUT2D eigenvalue weighted by Crippen LogP contribution is -2.34. The highest BCUT2D eigenvalue weighted by Crippen LogP contribution is 2.26. The van der Waals surface area contributed by atoms with Gasteiger partial charge in [0.15, 0.2) is 5.78 Å². The number of carbonyl (C=O) groups is 1. The molecule has 0 aromatic rings. The molecule has 3 aliphatic rings. The summed E-state index contributed by atoms with van der Waals surface area (Å²) in [7, 11) is 0. The van der Waals surface area contributed by atoms with E-state index in [-0.39, 0.29) is 29.3 Å². The van der Waals surface area contributed by atoms with Crippen LogP contribution in [0.2, 0.25) is 0 Å². The molecule has 140 valence electrons. The van der Waals surface area contributed by atoms with Gasteiger partial charge in [0.2, 0.25) is 0 Å². The Morgan fingerprint density at radius 3 is 1.78 bits per heavy atom. The van der Waals surface area contributed by atoms with Crippen LogP contribution in [0.5, 0.6) is 0 Å². The lowest BCUT2D eigenvalue weighted by atomic mass is 9.86. The average molecular weight is 364 g/mol. The molecule has 1 saturated heterocycles. The Morgan fingerprint density at radius 2 is 1.37 bits per heavy atom. The second-order valence-electron chi connectivity index (χ2n) is 6.88. The van der Waals surface area contributed by atoms with Gasteiger partial charge in [-0.2, -0.15) is 0 Å². The summed E-state index contributed by atoms with van der Waals surface area (Å²) >= 11 is 0. The van der Waals surface area contributed by atoms with Crippen molar-refractivity contribution in [3.63, 3.8) is 0 Å². The van der Waals surface area contributed by atoms with Gasteiger partial charge in [0.05, 0.1) is 25.0 Å². The van der Waals surface area contributed by atoms with Gasteiger partial charge in [0.1, 0.15) is 11.7 Å². The SMILES string of the molecule is N=C(N)C1=CC(=CC2COCC(C=C3C=C(C(=N)N)C=CC3)C2=O)CC=C1. The van der Waals surface area contributed by atoms with E-state index in [1.807, 2.05) is 48.6 Å². The van der Waals surface area contributed by atoms with Crippen molar-refractivity contribution < 1.29 is 9.53 Å². The summed E-state index contributed by atoms with van der Waals surface area (Å²) in [5, 5.41) is 15.1. The molecule has 1 heterocycles. The molecule has 0 bridgehead atoms. The molecule has 0 saturated carbocycles. The number of carbonyl (C=O) groups excluding carboxylic acids is 1. The Balaban J connectivity index is 1.77. The largest absolute Gasteiger partial charge is 0.384 e. The monoisotopic (exact) mass is 364 g/mol. The fraction of sp³-hybridized carbons (Fsp3) is 0.286. The van der Waals surface area contributed by atoms with E-state index in [1.54, 1.807) is 0 Å². The summed E-state index contributed by atoms with van der Waals surface area (Å²) in [5.74, 6) is -0.474. The van der Waals surface area contributed by atoms with Crippen molar-refractivity contribution in [2.24, 2.45) is 23.3 Å². The summed E-state index contributed by atoms with van der Waals surface area (Å²) in [5.41, 5.74) is 14.4. The average Bonchev–Trinajstić information content (AvgIpc) is 2.65. The van der Waals surface area contributed by atoms with Gasteiger partial charge in [0.25, 0.3) is 0 Å². The van der Waals surface area contributed by atoms with Gasteiger partial charge >= 0.3 is 0 Å². The van der Waals surface area contributed by atoms with Crippen LogP contribution in [0.15, 0.2) is 70.9 Å². The van der Waals surface area contributed by atoms with Crippen LogP contribution in [-0.4, -0.2) is 30.7 Å². The van der Waals surface area contributed by atoms with Gasteiger partial charge in [-0.25, -0.2) is 0 Å². The minimum Gasteiger partial charge on any atom is -0.384 e. The number of nitrogens with one attached hydrogen (secondary N) is 2. The van der Waals surface area contributed by atoms with Gasteiger partial charge in [-0.3, -0.25) is 15.6 Å². The number of hydrogen-bond donors (Lipinski definition) is 4. The van der Waals surface area contributed by atoms with Gasteiger partial charge < -0.3 is 16.2 Å². The first kappa shape index (κ1) is 18.8. The van der Waals surface area contributed by atoms with Crippen LogP contribution in [0.4, 0.5) is 0 Å². The molecule has 2 unspecified atom stereocenters. The molecule has 0 amide bonds. The van der Waals surface area contributed by atoms with Crippen LogP contribution in [0.1, 0.15) is 12.8 Å². The first-order chi connectivity index (χ1) is 12.9. The summed E-state index contributed by atoms with van der Waals surface area (Å²) in [4.78, 5) is 12.9. The number of amidine groups is 2. The maximum atomic E-state index is 12.9. The molecule has 0 spiro atoms. The molecule has 6 nitrogen and oxygen atoms in total. The zero-order valence-corrected chi connectivity index (χ0v) is 15.1. The van der Waals surface area contributed by atoms with Crippen LogP contribution < -0.4 is 11.5 Å². The molecule has 3 rings (SSSR count). The van der Waals surface area contributed by atoms with Gasteiger partial charge in [-0.15, -0.1) is 0 Å². The van der Waals surface area contributed by atoms with Gasteiger partial charge in [-0.1, -0.05) is 36.5 Å². The Bertz CT molecular complexity index is 787. The van der Waals surface area contributed by atoms with Crippen LogP contribution in [0.3, 0.4) is 0 Å². The third kappa shape index (κ3) is 4.60. The van der Waals surface area contributed by atoms with E-state index >= 15 is 0 Å². The van der Waals surface area contributed by atoms with Crippen molar-refractivity contribution in [1.82, 2.24) is 0 Å². The molecular weight excluding hydrogens is 340 g/mol. The first-order valence-electron chi connectivity index (χ1n) is 8.92. The van der Waals surface area contributed by atoms with E-state index in [2.05, 4.69) is 0 Å². The van der Waals surface area contributed by atoms with E-state index in [1.165, 1.54) is 0 Å². The van der Waals surface area contributed by atoms with E-state index in [0.29, 0.717) is 37.2 Å². The van der Waals surface area contributed by atoms with Crippen molar-refractivity contribution in [3.8, 4) is 0 Å². The minimum atomic E-state index is -0.318. The molecule has 27 heavy (non-hydrogen) atoms. The van der Waals surface area contributed by atoms with Crippen molar-refractivity contribution in [3.05, 3.63) is 70.9 Å². The molecule has 0 radical (unpaired) electrons.